The maximum absolute atomic E-state index is 10.8. The van der Waals surface area contributed by atoms with Gasteiger partial charge in [0.2, 0.25) is 5.91 Å². The molecule has 0 heterocycles. The summed E-state index contributed by atoms with van der Waals surface area (Å²) in [7, 11) is 1.61. The molecule has 0 aliphatic rings. The Balaban J connectivity index is 3.96. The number of carbonyl (C=O) groups excluding carboxylic acids is 1. The van der Waals surface area contributed by atoms with Gasteiger partial charge in [-0.05, 0) is 0 Å². The van der Waals surface area contributed by atoms with Gasteiger partial charge in [-0.15, -0.1) is 0 Å². The summed E-state index contributed by atoms with van der Waals surface area (Å²) in [4.78, 5) is 12.2. The van der Waals surface area contributed by atoms with Crippen LogP contribution in [-0.2, 0) is 4.79 Å². The molecule has 58 valence electrons. The second-order valence-corrected chi connectivity index (χ2v) is 2.31. The highest BCUT2D eigenvalue weighted by Crippen LogP contribution is 1.95. The average Bonchev–Trinajstić information content (AvgIpc) is 1.85. The van der Waals surface area contributed by atoms with Gasteiger partial charge in [-0.1, -0.05) is 18.5 Å². The number of carbonyl (C=O) groups is 1. The molecule has 0 atom stereocenters. The molecule has 1 amide bonds. The summed E-state index contributed by atoms with van der Waals surface area (Å²) < 4.78 is 0. The Bertz CT molecular complexity index is 152. The highest BCUT2D eigenvalue weighted by atomic mass is 35.5. The highest BCUT2D eigenvalue weighted by molar-refractivity contribution is 6.29. The fourth-order valence-electron chi connectivity index (χ4n) is 0.506. The van der Waals surface area contributed by atoms with Gasteiger partial charge in [0.1, 0.15) is 5.16 Å². The van der Waals surface area contributed by atoms with E-state index in [9.17, 15) is 4.79 Å². The lowest BCUT2D eigenvalue weighted by Gasteiger charge is -2.09. The van der Waals surface area contributed by atoms with E-state index in [1.807, 2.05) is 0 Å². The smallest absolute Gasteiger partial charge is 0.226 e. The number of hydrogen-bond donors (Lipinski definition) is 1. The van der Waals surface area contributed by atoms with Crippen LogP contribution in [0.15, 0.2) is 11.4 Å². The van der Waals surface area contributed by atoms with Crippen LogP contribution in [0.2, 0.25) is 0 Å². The van der Waals surface area contributed by atoms with Crippen molar-refractivity contribution in [3.05, 3.63) is 11.4 Å². The van der Waals surface area contributed by atoms with Gasteiger partial charge in [0.15, 0.2) is 0 Å². The van der Waals surface area contributed by atoms with Crippen LogP contribution < -0.4 is 5.73 Å². The van der Waals surface area contributed by atoms with E-state index in [1.165, 1.54) is 11.1 Å². The van der Waals surface area contributed by atoms with Crippen molar-refractivity contribution in [1.82, 2.24) is 4.90 Å². The zero-order chi connectivity index (χ0) is 8.15. The molecule has 3 nitrogen and oxygen atoms in total. The Hall–Kier alpha value is -0.700. The number of hydrogen-bond acceptors (Lipinski definition) is 2. The van der Waals surface area contributed by atoms with Gasteiger partial charge in [-0.3, -0.25) is 4.79 Å². The van der Waals surface area contributed by atoms with Crippen molar-refractivity contribution in [2.45, 2.75) is 13.3 Å². The van der Waals surface area contributed by atoms with Crippen LogP contribution in [0, 0.1) is 0 Å². The molecule has 0 aromatic heterocycles. The lowest BCUT2D eigenvalue weighted by Crippen LogP contribution is -2.20. The van der Waals surface area contributed by atoms with Crippen molar-refractivity contribution in [3.8, 4) is 0 Å². The molecule has 0 spiro atoms. The maximum Gasteiger partial charge on any atom is 0.226 e. The largest absolute Gasteiger partial charge is 0.388 e. The second kappa shape index (κ2) is 4.17. The molecular formula is C6H11ClN2O. The van der Waals surface area contributed by atoms with Crippen molar-refractivity contribution in [3.63, 3.8) is 0 Å². The Morgan fingerprint density at radius 3 is 2.60 bits per heavy atom. The predicted octanol–water partition coefficient (Wildman–Crippen LogP) is 0.851. The highest BCUT2D eigenvalue weighted by Gasteiger charge is 2.01. The third-order valence-corrected chi connectivity index (χ3v) is 1.11. The first-order valence-electron chi connectivity index (χ1n) is 2.96. The average molecular weight is 163 g/mol. The molecule has 0 saturated heterocycles. The maximum atomic E-state index is 10.8. The van der Waals surface area contributed by atoms with Gasteiger partial charge in [0.05, 0.1) is 0 Å². The van der Waals surface area contributed by atoms with Gasteiger partial charge in [-0.25, -0.2) is 0 Å². The zero-order valence-electron chi connectivity index (χ0n) is 6.10. The van der Waals surface area contributed by atoms with Gasteiger partial charge in [0.25, 0.3) is 0 Å². The van der Waals surface area contributed by atoms with Gasteiger partial charge >= 0.3 is 0 Å². The molecule has 4 heteroatoms. The van der Waals surface area contributed by atoms with Crippen molar-refractivity contribution >= 4 is 17.5 Å². The SMILES string of the molecule is CCC(=O)N(C)/C=C(/N)Cl. The standard InChI is InChI=1S/C6H11ClN2O/c1-3-6(10)9(2)4-5(7)8/h4H,3,8H2,1-2H3/b5-4+. The van der Waals surface area contributed by atoms with Crippen LogP contribution in [0.1, 0.15) is 13.3 Å². The summed E-state index contributed by atoms with van der Waals surface area (Å²) in [6.07, 6.45) is 1.84. The van der Waals surface area contributed by atoms with Crippen molar-refractivity contribution in [2.24, 2.45) is 5.73 Å². The molecule has 0 aromatic rings. The molecule has 0 bridgehead atoms. The van der Waals surface area contributed by atoms with Crippen molar-refractivity contribution in [2.75, 3.05) is 7.05 Å². The third-order valence-electron chi connectivity index (χ3n) is 1.01. The zero-order valence-corrected chi connectivity index (χ0v) is 6.85. The molecule has 0 aromatic carbocycles. The Labute approximate surface area is 65.4 Å². The summed E-state index contributed by atoms with van der Waals surface area (Å²) in [6.45, 7) is 1.77. The fraction of sp³-hybridized carbons (Fsp3) is 0.500. The summed E-state index contributed by atoms with van der Waals surface area (Å²) in [5.41, 5.74) is 5.12. The Morgan fingerprint density at radius 2 is 2.30 bits per heavy atom. The van der Waals surface area contributed by atoms with E-state index >= 15 is 0 Å². The van der Waals surface area contributed by atoms with Crippen LogP contribution in [-0.4, -0.2) is 17.9 Å². The van der Waals surface area contributed by atoms with Crippen LogP contribution in [0.4, 0.5) is 0 Å². The Kier molecular flexibility index (Phi) is 3.88. The van der Waals surface area contributed by atoms with Crippen molar-refractivity contribution < 1.29 is 4.79 Å². The number of nitrogens with zero attached hydrogens (tertiary/aromatic N) is 1. The monoisotopic (exact) mass is 162 g/mol. The minimum Gasteiger partial charge on any atom is -0.388 e. The van der Waals surface area contributed by atoms with Crippen molar-refractivity contribution in [1.29, 1.82) is 0 Å². The predicted molar refractivity (Wildman–Crippen MR) is 41.2 cm³/mol. The summed E-state index contributed by atoms with van der Waals surface area (Å²) in [5.74, 6) is -0.0106. The molecule has 0 aliphatic heterocycles. The number of rotatable bonds is 2. The van der Waals surface area contributed by atoms with E-state index in [0.717, 1.165) is 0 Å². The molecule has 0 aliphatic carbocycles. The molecular weight excluding hydrogens is 152 g/mol. The third kappa shape index (κ3) is 3.35. The van der Waals surface area contributed by atoms with Gasteiger partial charge in [0, 0.05) is 19.7 Å². The van der Waals surface area contributed by atoms with Crippen LogP contribution in [0.25, 0.3) is 0 Å². The van der Waals surface area contributed by atoms with Crippen LogP contribution in [0.5, 0.6) is 0 Å². The van der Waals surface area contributed by atoms with Gasteiger partial charge in [-0.2, -0.15) is 0 Å². The molecule has 0 radical (unpaired) electrons. The summed E-state index contributed by atoms with van der Waals surface area (Å²) in [5, 5.41) is 0.115. The van der Waals surface area contributed by atoms with E-state index in [4.69, 9.17) is 17.3 Å². The first kappa shape index (κ1) is 9.30. The van der Waals surface area contributed by atoms with E-state index in [2.05, 4.69) is 0 Å². The van der Waals surface area contributed by atoms with E-state index < -0.39 is 0 Å². The lowest BCUT2D eigenvalue weighted by molar-refractivity contribution is -0.127. The normalized spacial score (nSPS) is 11.3. The summed E-state index contributed by atoms with van der Waals surface area (Å²) in [6, 6.07) is 0. The molecule has 0 rings (SSSR count). The van der Waals surface area contributed by atoms with Gasteiger partial charge < -0.3 is 10.6 Å². The molecule has 0 unspecified atom stereocenters. The van der Waals surface area contributed by atoms with E-state index in [0.29, 0.717) is 6.42 Å². The fourth-order valence-corrected chi connectivity index (χ4v) is 0.653. The first-order chi connectivity index (χ1) is 4.57. The number of nitrogens with two attached hydrogens (primary N) is 1. The number of halogens is 1. The first-order valence-corrected chi connectivity index (χ1v) is 3.34. The topological polar surface area (TPSA) is 46.3 Å². The molecule has 10 heavy (non-hydrogen) atoms. The Morgan fingerprint density at radius 1 is 1.80 bits per heavy atom. The molecule has 2 N–H and O–H groups in total. The molecule has 0 fully saturated rings. The van der Waals surface area contributed by atoms with Crippen LogP contribution in [0.3, 0.4) is 0 Å². The lowest BCUT2D eigenvalue weighted by atomic mass is 10.4. The molecule has 0 saturated carbocycles. The van der Waals surface area contributed by atoms with E-state index in [-0.39, 0.29) is 11.1 Å². The minimum atomic E-state index is -0.0106. The summed E-state index contributed by atoms with van der Waals surface area (Å²) >= 11 is 5.32. The van der Waals surface area contributed by atoms with Crippen LogP contribution >= 0.6 is 11.6 Å². The van der Waals surface area contributed by atoms with E-state index in [1.54, 1.807) is 14.0 Å². The minimum absolute atomic E-state index is 0.0106. The number of amides is 1. The second-order valence-electron chi connectivity index (χ2n) is 1.87. The quantitative estimate of drug-likeness (QED) is 0.612.